The van der Waals surface area contributed by atoms with Gasteiger partial charge in [-0.3, -0.25) is 0 Å². The number of carbonyl (C=O) groups excluding carboxylic acids is 1. The topological polar surface area (TPSA) is 50.1 Å². The van der Waals surface area contributed by atoms with E-state index in [1.807, 2.05) is 36.4 Å². The Kier molecular flexibility index (Phi) is 8.86. The third-order valence-corrected chi connectivity index (χ3v) is 4.39. The molecule has 0 unspecified atom stereocenters. The predicted molar refractivity (Wildman–Crippen MR) is 110 cm³/mol. The van der Waals surface area contributed by atoms with Gasteiger partial charge >= 0.3 is 5.97 Å². The van der Waals surface area contributed by atoms with E-state index in [0.29, 0.717) is 17.7 Å². The molecule has 0 saturated carbocycles. The van der Waals surface area contributed by atoms with E-state index in [2.05, 4.69) is 13.0 Å². The minimum atomic E-state index is -0.322. The van der Waals surface area contributed by atoms with Crippen LogP contribution in [0.2, 0.25) is 0 Å². The summed E-state index contributed by atoms with van der Waals surface area (Å²) in [6, 6.07) is 18.8. The number of unbranched alkanes of at least 4 members (excludes halogenated alkanes) is 5. The average molecular weight is 361 g/mol. The second-order valence-corrected chi connectivity index (χ2v) is 6.56. The second-order valence-electron chi connectivity index (χ2n) is 6.56. The predicted octanol–water partition coefficient (Wildman–Crippen LogP) is 6.00. The molecule has 0 aliphatic heterocycles. The van der Waals surface area contributed by atoms with Crippen LogP contribution in [0, 0.1) is 11.3 Å². The fraction of sp³-hybridized carbons (Fsp3) is 0.333. The molecule has 2 aromatic carbocycles. The van der Waals surface area contributed by atoms with Crippen LogP contribution in [0.3, 0.4) is 0 Å². The monoisotopic (exact) mass is 361 g/mol. The highest BCUT2D eigenvalue weighted by Crippen LogP contribution is 2.21. The van der Waals surface area contributed by atoms with Crippen molar-refractivity contribution in [2.24, 2.45) is 0 Å². The fourth-order valence-corrected chi connectivity index (χ4v) is 2.83. The van der Waals surface area contributed by atoms with Crippen LogP contribution in [0.4, 0.5) is 0 Å². The standard InChI is InChI=1S/C24H27NO2/c1-2-3-4-5-6-10-17-27-24(26)23(18-20-11-8-7-9-12-20)22-15-13-21(19-25)14-16-22/h7-9,11-16,18H,2-6,10,17H2,1H3/b23-18-. The molecular formula is C24H27NO2. The molecule has 0 aliphatic rings. The van der Waals surface area contributed by atoms with Crippen molar-refractivity contribution in [3.8, 4) is 6.07 Å². The quantitative estimate of drug-likeness (QED) is 0.226. The van der Waals surface area contributed by atoms with Gasteiger partial charge in [-0.1, -0.05) is 81.5 Å². The van der Waals surface area contributed by atoms with Gasteiger partial charge in [0.1, 0.15) is 0 Å². The van der Waals surface area contributed by atoms with Crippen molar-refractivity contribution in [1.82, 2.24) is 0 Å². The molecule has 0 radical (unpaired) electrons. The molecule has 140 valence electrons. The fourth-order valence-electron chi connectivity index (χ4n) is 2.83. The molecule has 0 aliphatic carbocycles. The minimum Gasteiger partial charge on any atom is -0.462 e. The average Bonchev–Trinajstić information content (AvgIpc) is 2.72. The van der Waals surface area contributed by atoms with Gasteiger partial charge in [0.15, 0.2) is 0 Å². The first-order chi connectivity index (χ1) is 13.2. The maximum absolute atomic E-state index is 12.7. The van der Waals surface area contributed by atoms with Crippen molar-refractivity contribution in [1.29, 1.82) is 5.26 Å². The lowest BCUT2D eigenvalue weighted by Crippen LogP contribution is -2.08. The van der Waals surface area contributed by atoms with E-state index >= 15 is 0 Å². The van der Waals surface area contributed by atoms with Gasteiger partial charge in [0, 0.05) is 0 Å². The zero-order valence-electron chi connectivity index (χ0n) is 16.0. The molecule has 2 aromatic rings. The van der Waals surface area contributed by atoms with E-state index < -0.39 is 0 Å². The zero-order valence-corrected chi connectivity index (χ0v) is 16.0. The molecule has 0 spiro atoms. The van der Waals surface area contributed by atoms with Crippen LogP contribution in [0.1, 0.15) is 62.1 Å². The Bertz CT molecular complexity index is 770. The van der Waals surface area contributed by atoms with Crippen LogP contribution < -0.4 is 0 Å². The molecule has 0 bridgehead atoms. The van der Waals surface area contributed by atoms with Crippen LogP contribution in [-0.2, 0) is 9.53 Å². The molecule has 0 saturated heterocycles. The molecule has 0 atom stereocenters. The van der Waals surface area contributed by atoms with Gasteiger partial charge in [0.2, 0.25) is 0 Å². The molecule has 27 heavy (non-hydrogen) atoms. The molecule has 0 aromatic heterocycles. The van der Waals surface area contributed by atoms with E-state index in [1.165, 1.54) is 25.7 Å². The summed E-state index contributed by atoms with van der Waals surface area (Å²) < 4.78 is 5.52. The van der Waals surface area contributed by atoms with Crippen molar-refractivity contribution in [2.45, 2.75) is 45.4 Å². The largest absolute Gasteiger partial charge is 0.462 e. The number of nitriles is 1. The Morgan fingerprint density at radius 2 is 1.63 bits per heavy atom. The summed E-state index contributed by atoms with van der Waals surface area (Å²) in [6.45, 7) is 2.64. The summed E-state index contributed by atoms with van der Waals surface area (Å²) in [6.07, 6.45) is 8.74. The van der Waals surface area contributed by atoms with Gasteiger partial charge in [-0.05, 0) is 35.8 Å². The van der Waals surface area contributed by atoms with Crippen LogP contribution in [0.25, 0.3) is 11.6 Å². The van der Waals surface area contributed by atoms with Crippen molar-refractivity contribution < 1.29 is 9.53 Å². The Balaban J connectivity index is 2.04. The van der Waals surface area contributed by atoms with Gasteiger partial charge in [0.05, 0.1) is 23.8 Å². The third kappa shape index (κ3) is 7.11. The molecule has 0 heterocycles. The van der Waals surface area contributed by atoms with Crippen LogP contribution >= 0.6 is 0 Å². The van der Waals surface area contributed by atoms with E-state index in [0.717, 1.165) is 24.0 Å². The number of carbonyl (C=O) groups is 1. The number of hydrogen-bond acceptors (Lipinski definition) is 3. The molecule has 3 heteroatoms. The normalized spacial score (nSPS) is 11.0. The summed E-state index contributed by atoms with van der Waals surface area (Å²) in [5.41, 5.74) is 2.77. The highest BCUT2D eigenvalue weighted by atomic mass is 16.5. The second kappa shape index (κ2) is 11.7. The molecular weight excluding hydrogens is 334 g/mol. The lowest BCUT2D eigenvalue weighted by molar-refractivity contribution is -0.136. The molecule has 2 rings (SSSR count). The van der Waals surface area contributed by atoms with E-state index in [-0.39, 0.29) is 5.97 Å². The first-order valence-corrected chi connectivity index (χ1v) is 9.69. The summed E-state index contributed by atoms with van der Waals surface area (Å²) >= 11 is 0. The maximum Gasteiger partial charge on any atom is 0.338 e. The summed E-state index contributed by atoms with van der Waals surface area (Å²) in [7, 11) is 0. The van der Waals surface area contributed by atoms with Gasteiger partial charge < -0.3 is 4.74 Å². The first-order valence-electron chi connectivity index (χ1n) is 9.69. The first kappa shape index (κ1) is 20.5. The smallest absolute Gasteiger partial charge is 0.338 e. The number of rotatable bonds is 10. The number of hydrogen-bond donors (Lipinski definition) is 0. The molecule has 3 nitrogen and oxygen atoms in total. The van der Waals surface area contributed by atoms with Crippen molar-refractivity contribution in [3.63, 3.8) is 0 Å². The van der Waals surface area contributed by atoms with Crippen molar-refractivity contribution in [2.75, 3.05) is 6.61 Å². The van der Waals surface area contributed by atoms with E-state index in [9.17, 15) is 4.79 Å². The number of benzene rings is 2. The number of nitrogens with zero attached hydrogens (tertiary/aromatic N) is 1. The van der Waals surface area contributed by atoms with Gasteiger partial charge in [-0.15, -0.1) is 0 Å². The molecule has 0 fully saturated rings. The van der Waals surface area contributed by atoms with Crippen LogP contribution in [0.5, 0.6) is 0 Å². The lowest BCUT2D eigenvalue weighted by atomic mass is 10.0. The Hall–Kier alpha value is -2.86. The molecule has 0 amide bonds. The van der Waals surface area contributed by atoms with Gasteiger partial charge in [0.25, 0.3) is 0 Å². The Labute approximate surface area is 162 Å². The minimum absolute atomic E-state index is 0.322. The van der Waals surface area contributed by atoms with Gasteiger partial charge in [-0.25, -0.2) is 4.79 Å². The lowest BCUT2D eigenvalue weighted by Gasteiger charge is -2.09. The number of esters is 1. The van der Waals surface area contributed by atoms with Crippen molar-refractivity contribution >= 4 is 17.6 Å². The summed E-state index contributed by atoms with van der Waals surface area (Å²) in [5, 5.41) is 8.98. The van der Waals surface area contributed by atoms with E-state index in [1.54, 1.807) is 24.3 Å². The zero-order chi connectivity index (χ0) is 19.3. The highest BCUT2D eigenvalue weighted by Gasteiger charge is 2.14. The summed E-state index contributed by atoms with van der Waals surface area (Å²) in [5.74, 6) is -0.322. The van der Waals surface area contributed by atoms with Crippen LogP contribution in [-0.4, -0.2) is 12.6 Å². The van der Waals surface area contributed by atoms with Crippen molar-refractivity contribution in [3.05, 3.63) is 71.3 Å². The third-order valence-electron chi connectivity index (χ3n) is 4.39. The highest BCUT2D eigenvalue weighted by molar-refractivity contribution is 6.21. The number of ether oxygens (including phenoxy) is 1. The van der Waals surface area contributed by atoms with Crippen LogP contribution in [0.15, 0.2) is 54.6 Å². The molecule has 0 N–H and O–H groups in total. The Morgan fingerprint density at radius 1 is 0.963 bits per heavy atom. The van der Waals surface area contributed by atoms with E-state index in [4.69, 9.17) is 10.00 Å². The van der Waals surface area contributed by atoms with Gasteiger partial charge in [-0.2, -0.15) is 5.26 Å². The summed E-state index contributed by atoms with van der Waals surface area (Å²) in [4.78, 5) is 12.7. The maximum atomic E-state index is 12.7. The SMILES string of the molecule is CCCCCCCCOC(=O)/C(=C\c1ccccc1)c1ccc(C#N)cc1. The Morgan fingerprint density at radius 3 is 2.30 bits per heavy atom.